The molecular formula is C38H27N5O6S3. The molecule has 2 saturated heterocycles. The monoisotopic (exact) mass is 745 g/mol. The Morgan fingerprint density at radius 3 is 1.94 bits per heavy atom. The number of benzene rings is 4. The van der Waals surface area contributed by atoms with Gasteiger partial charge in [0.05, 0.1) is 48.9 Å². The van der Waals surface area contributed by atoms with Gasteiger partial charge in [-0.25, -0.2) is 4.98 Å². The van der Waals surface area contributed by atoms with Crippen LogP contribution in [0.15, 0.2) is 112 Å². The van der Waals surface area contributed by atoms with Crippen molar-refractivity contribution in [1.29, 1.82) is 0 Å². The first-order valence-electron chi connectivity index (χ1n) is 16.5. The number of nitro benzene ring substituents is 1. The lowest BCUT2D eigenvalue weighted by Gasteiger charge is -2.36. The Morgan fingerprint density at radius 1 is 0.769 bits per heavy atom. The Morgan fingerprint density at radius 2 is 1.37 bits per heavy atom. The van der Waals surface area contributed by atoms with Crippen molar-refractivity contribution in [3.8, 4) is 0 Å². The molecule has 0 bridgehead atoms. The summed E-state index contributed by atoms with van der Waals surface area (Å²) in [7, 11) is 0. The van der Waals surface area contributed by atoms with Crippen LogP contribution >= 0.6 is 35.3 Å². The number of carbonyl (C=O) groups excluding carboxylic acids is 4. The number of anilines is 3. The molecule has 0 N–H and O–H groups in total. The summed E-state index contributed by atoms with van der Waals surface area (Å²) < 4.78 is 1.26. The molecule has 11 nitrogen and oxygen atoms in total. The summed E-state index contributed by atoms with van der Waals surface area (Å²) in [5.41, 5.74) is 1.90. The average Bonchev–Trinajstić information content (AvgIpc) is 3.67. The van der Waals surface area contributed by atoms with Gasteiger partial charge in [0, 0.05) is 6.07 Å². The van der Waals surface area contributed by atoms with Gasteiger partial charge in [0.25, 0.3) is 17.5 Å². The lowest BCUT2D eigenvalue weighted by Crippen LogP contribution is -2.56. The topological polar surface area (TPSA) is 134 Å². The molecule has 14 heteroatoms. The Labute approximate surface area is 310 Å². The summed E-state index contributed by atoms with van der Waals surface area (Å²) in [6.45, 7) is 0. The minimum absolute atomic E-state index is 0.0122. The fourth-order valence-corrected chi connectivity index (χ4v) is 9.46. The van der Waals surface area contributed by atoms with Crippen molar-refractivity contribution in [2.75, 3.05) is 14.7 Å². The van der Waals surface area contributed by atoms with Crippen LogP contribution in [0.4, 0.5) is 22.7 Å². The number of nitro groups is 1. The van der Waals surface area contributed by atoms with E-state index in [1.54, 1.807) is 91.0 Å². The first-order chi connectivity index (χ1) is 25.2. The van der Waals surface area contributed by atoms with E-state index in [0.717, 1.165) is 42.1 Å². The number of hydrogen-bond acceptors (Lipinski definition) is 10. The van der Waals surface area contributed by atoms with Gasteiger partial charge in [0.15, 0.2) is 9.45 Å². The molecule has 3 fully saturated rings. The van der Waals surface area contributed by atoms with Crippen molar-refractivity contribution < 1.29 is 24.1 Å². The summed E-state index contributed by atoms with van der Waals surface area (Å²) in [5, 5.41) is 12.3. The molecular weight excluding hydrogens is 719 g/mol. The summed E-state index contributed by atoms with van der Waals surface area (Å²) in [6, 6.07) is 27.1. The summed E-state index contributed by atoms with van der Waals surface area (Å²) in [4.78, 5) is 74.8. The molecule has 4 aromatic carbocycles. The van der Waals surface area contributed by atoms with Crippen molar-refractivity contribution in [2.24, 2.45) is 11.8 Å². The van der Waals surface area contributed by atoms with E-state index in [2.05, 4.69) is 4.98 Å². The van der Waals surface area contributed by atoms with Crippen LogP contribution in [0.3, 0.4) is 0 Å². The van der Waals surface area contributed by atoms with Gasteiger partial charge in [-0.1, -0.05) is 67.1 Å². The van der Waals surface area contributed by atoms with Crippen LogP contribution in [0, 0.1) is 22.0 Å². The maximum atomic E-state index is 13.9. The number of hydrogen-bond donors (Lipinski definition) is 0. The highest BCUT2D eigenvalue weighted by Crippen LogP contribution is 2.43. The third kappa shape index (κ3) is 5.88. The molecule has 4 amide bonds. The molecule has 8 rings (SSSR count). The van der Waals surface area contributed by atoms with Crippen LogP contribution in [0.25, 0.3) is 16.3 Å². The molecule has 0 spiro atoms. The van der Waals surface area contributed by atoms with E-state index in [-0.39, 0.29) is 45.6 Å². The van der Waals surface area contributed by atoms with Gasteiger partial charge in [-0.3, -0.25) is 44.0 Å². The second-order valence-corrected chi connectivity index (χ2v) is 15.2. The van der Waals surface area contributed by atoms with Crippen LogP contribution in [0.5, 0.6) is 0 Å². The summed E-state index contributed by atoms with van der Waals surface area (Å²) >= 11 is 8.07. The molecule has 1 saturated carbocycles. The second kappa shape index (κ2) is 13.5. The third-order valence-corrected chi connectivity index (χ3v) is 11.9. The molecule has 5 aromatic rings. The van der Waals surface area contributed by atoms with Gasteiger partial charge in [-0.15, -0.1) is 11.3 Å². The smallest absolute Gasteiger partial charge is 0.274 e. The highest BCUT2D eigenvalue weighted by atomic mass is 32.2. The number of aromatic nitrogens is 1. The molecule has 3 aliphatic rings. The number of carbonyl (C=O) groups is 4. The molecule has 0 radical (unpaired) electrons. The molecule has 3 heterocycles. The lowest BCUT2D eigenvalue weighted by molar-refractivity contribution is -0.387. The molecule has 1 aromatic heterocycles. The maximum Gasteiger partial charge on any atom is 0.283 e. The Balaban J connectivity index is 1.10. The Kier molecular flexibility index (Phi) is 8.73. The van der Waals surface area contributed by atoms with Crippen LogP contribution in [-0.4, -0.2) is 38.6 Å². The molecule has 258 valence electrons. The van der Waals surface area contributed by atoms with Crippen molar-refractivity contribution in [3.05, 3.63) is 118 Å². The average molecular weight is 746 g/mol. The van der Waals surface area contributed by atoms with Gasteiger partial charge in [0.1, 0.15) is 5.57 Å². The fourth-order valence-electron chi connectivity index (χ4n) is 6.94. The van der Waals surface area contributed by atoms with Crippen molar-refractivity contribution in [2.45, 2.75) is 34.9 Å². The standard InChI is InChI=1S/C38H27N5O6S3/c44-33-26-13-7-8-14-27(26)34(45)40(33)25-16-17-29-32(21-25)52-37(39-29)51-31-18-15-22(20-30(31)43(48)49)19-28-35(46)41(23-9-3-1-4-10-23)38(50)42(36(28)47)24-11-5-2-6-12-24/h1-6,9-12,15-21,26-27H,7-8,13-14H2/t26-,27+. The van der Waals surface area contributed by atoms with E-state index >= 15 is 0 Å². The van der Waals surface area contributed by atoms with E-state index in [0.29, 0.717) is 31.8 Å². The van der Waals surface area contributed by atoms with Gasteiger partial charge < -0.3 is 0 Å². The van der Waals surface area contributed by atoms with Crippen LogP contribution in [0.1, 0.15) is 31.2 Å². The molecule has 2 aliphatic heterocycles. The fraction of sp³-hybridized carbons (Fsp3) is 0.158. The van der Waals surface area contributed by atoms with Crippen molar-refractivity contribution >= 4 is 103 Å². The van der Waals surface area contributed by atoms with E-state index < -0.39 is 16.7 Å². The maximum absolute atomic E-state index is 13.9. The van der Waals surface area contributed by atoms with Crippen molar-refractivity contribution in [1.82, 2.24) is 4.98 Å². The number of imide groups is 1. The predicted molar refractivity (Wildman–Crippen MR) is 203 cm³/mol. The molecule has 52 heavy (non-hydrogen) atoms. The molecule has 2 atom stereocenters. The van der Waals surface area contributed by atoms with Crippen LogP contribution < -0.4 is 14.7 Å². The first-order valence-corrected chi connectivity index (χ1v) is 18.5. The lowest BCUT2D eigenvalue weighted by atomic mass is 9.81. The van der Waals surface area contributed by atoms with Gasteiger partial charge in [-0.2, -0.15) is 0 Å². The normalized spacial score (nSPS) is 19.1. The third-order valence-electron chi connectivity index (χ3n) is 9.42. The quantitative estimate of drug-likeness (QED) is 0.0409. The van der Waals surface area contributed by atoms with Crippen molar-refractivity contribution in [3.63, 3.8) is 0 Å². The molecule has 0 unspecified atom stereocenters. The van der Waals surface area contributed by atoms with Gasteiger partial charge in [0.2, 0.25) is 11.8 Å². The summed E-state index contributed by atoms with van der Waals surface area (Å²) in [6.07, 6.45) is 4.68. The number of fused-ring (bicyclic) bond motifs is 2. The highest BCUT2D eigenvalue weighted by Gasteiger charge is 2.49. The van der Waals surface area contributed by atoms with Crippen LogP contribution in [0.2, 0.25) is 0 Å². The highest BCUT2D eigenvalue weighted by molar-refractivity contribution is 8.01. The number of nitrogens with zero attached hydrogens (tertiary/aromatic N) is 5. The minimum Gasteiger partial charge on any atom is -0.274 e. The van der Waals surface area contributed by atoms with Crippen LogP contribution in [-0.2, 0) is 19.2 Å². The Hall–Kier alpha value is -5.57. The zero-order valence-electron chi connectivity index (χ0n) is 27.2. The number of para-hydroxylation sites is 2. The Bertz CT molecular complexity index is 2280. The minimum atomic E-state index is -0.653. The summed E-state index contributed by atoms with van der Waals surface area (Å²) in [5.74, 6) is -2.14. The van der Waals surface area contributed by atoms with E-state index in [1.807, 2.05) is 0 Å². The zero-order valence-corrected chi connectivity index (χ0v) is 29.7. The largest absolute Gasteiger partial charge is 0.283 e. The van der Waals surface area contributed by atoms with E-state index in [9.17, 15) is 29.3 Å². The van der Waals surface area contributed by atoms with Gasteiger partial charge >= 0.3 is 0 Å². The first kappa shape index (κ1) is 33.6. The number of thiocarbonyl (C=S) groups is 1. The molecule has 1 aliphatic carbocycles. The van der Waals surface area contributed by atoms with E-state index in [4.69, 9.17) is 12.2 Å². The van der Waals surface area contributed by atoms with E-state index in [1.165, 1.54) is 38.2 Å². The van der Waals surface area contributed by atoms with Gasteiger partial charge in [-0.05, 0) is 85.2 Å². The number of thiazole rings is 1. The number of rotatable bonds is 7. The predicted octanol–water partition coefficient (Wildman–Crippen LogP) is 7.78. The second-order valence-electron chi connectivity index (χ2n) is 12.5. The number of amides is 4. The SMILES string of the molecule is O=C1C(=Cc2ccc(Sc3nc4ccc(N5C(=O)[C@H]6CCCC[C@H]6C5=O)cc4s3)c([N+](=O)[O-])c2)C(=O)N(c2ccccc2)C(=S)N1c1ccccc1. The zero-order chi connectivity index (χ0) is 36.1.